The van der Waals surface area contributed by atoms with E-state index < -0.39 is 6.09 Å². The molecule has 2 aromatic carbocycles. The van der Waals surface area contributed by atoms with Gasteiger partial charge in [-0.15, -0.1) is 0 Å². The Hall–Kier alpha value is -2.69. The zero-order valence-electron chi connectivity index (χ0n) is 10.7. The summed E-state index contributed by atoms with van der Waals surface area (Å²) in [6.07, 6.45) is -0.507. The Labute approximate surface area is 116 Å². The number of hydrogen-bond acceptors (Lipinski definition) is 4. The first-order valence-electron chi connectivity index (χ1n) is 6.21. The highest BCUT2D eigenvalue weighted by Crippen LogP contribution is 2.35. The van der Waals surface area contributed by atoms with Gasteiger partial charge in [-0.25, -0.2) is 4.79 Å². The molecule has 3 rings (SSSR count). The van der Waals surface area contributed by atoms with Gasteiger partial charge in [0, 0.05) is 12.1 Å². The molecule has 1 heterocycles. The molecule has 20 heavy (non-hydrogen) atoms. The summed E-state index contributed by atoms with van der Waals surface area (Å²) in [6, 6.07) is 14.5. The van der Waals surface area contributed by atoms with Crippen molar-refractivity contribution in [1.29, 1.82) is 0 Å². The number of benzene rings is 2. The van der Waals surface area contributed by atoms with Crippen molar-refractivity contribution in [3.8, 4) is 17.2 Å². The maximum atomic E-state index is 11.7. The Morgan fingerprint density at radius 2 is 1.95 bits per heavy atom. The van der Waals surface area contributed by atoms with Gasteiger partial charge in [-0.3, -0.25) is 0 Å². The zero-order chi connectivity index (χ0) is 13.8. The van der Waals surface area contributed by atoms with Crippen LogP contribution in [-0.4, -0.2) is 12.9 Å². The van der Waals surface area contributed by atoms with Crippen LogP contribution in [0.2, 0.25) is 0 Å². The first kappa shape index (κ1) is 12.3. The summed E-state index contributed by atoms with van der Waals surface area (Å²) in [5.74, 6) is 1.87. The van der Waals surface area contributed by atoms with E-state index >= 15 is 0 Å². The van der Waals surface area contributed by atoms with Gasteiger partial charge in [0.1, 0.15) is 5.75 Å². The van der Waals surface area contributed by atoms with Crippen molar-refractivity contribution in [2.75, 3.05) is 6.79 Å². The molecule has 0 aliphatic carbocycles. The molecule has 0 spiro atoms. The average molecular weight is 271 g/mol. The summed E-state index contributed by atoms with van der Waals surface area (Å²) in [5.41, 5.74) is 0.852. The second-order valence-electron chi connectivity index (χ2n) is 4.21. The van der Waals surface area contributed by atoms with Crippen LogP contribution < -0.4 is 19.5 Å². The molecule has 0 bridgehead atoms. The van der Waals surface area contributed by atoms with Crippen LogP contribution in [0.3, 0.4) is 0 Å². The van der Waals surface area contributed by atoms with Crippen LogP contribution in [0.1, 0.15) is 5.56 Å². The van der Waals surface area contributed by atoms with Crippen LogP contribution in [0.15, 0.2) is 48.5 Å². The molecule has 0 unspecified atom stereocenters. The van der Waals surface area contributed by atoms with Crippen LogP contribution in [0.25, 0.3) is 0 Å². The zero-order valence-corrected chi connectivity index (χ0v) is 10.7. The first-order valence-corrected chi connectivity index (χ1v) is 6.21. The molecule has 2 aromatic rings. The lowest BCUT2D eigenvalue weighted by molar-refractivity contribution is 0.173. The third-order valence-corrected chi connectivity index (χ3v) is 2.86. The standard InChI is InChI=1S/C15H13NO4/c17-15(20-12-6-2-1-3-7-12)16-9-11-5-4-8-13-14(11)19-10-18-13/h1-8H,9-10H2,(H,16,17). The smallest absolute Gasteiger partial charge is 0.412 e. The molecule has 0 aromatic heterocycles. The van der Waals surface area contributed by atoms with E-state index in [1.54, 1.807) is 24.3 Å². The largest absolute Gasteiger partial charge is 0.454 e. The van der Waals surface area contributed by atoms with Gasteiger partial charge >= 0.3 is 6.09 Å². The Morgan fingerprint density at radius 3 is 2.80 bits per heavy atom. The van der Waals surface area contributed by atoms with Crippen LogP contribution in [0.4, 0.5) is 4.79 Å². The maximum Gasteiger partial charge on any atom is 0.412 e. The number of hydrogen-bond donors (Lipinski definition) is 1. The molecule has 1 amide bonds. The monoisotopic (exact) mass is 271 g/mol. The van der Waals surface area contributed by atoms with Gasteiger partial charge in [-0.05, 0) is 18.2 Å². The highest BCUT2D eigenvalue weighted by atomic mass is 16.7. The summed E-state index contributed by atoms with van der Waals surface area (Å²) in [7, 11) is 0. The fourth-order valence-corrected chi connectivity index (χ4v) is 1.93. The van der Waals surface area contributed by atoms with Gasteiger partial charge in [0.2, 0.25) is 6.79 Å². The van der Waals surface area contributed by atoms with E-state index in [1.165, 1.54) is 0 Å². The Morgan fingerprint density at radius 1 is 1.10 bits per heavy atom. The lowest BCUT2D eigenvalue weighted by atomic mass is 10.2. The SMILES string of the molecule is O=C(NCc1cccc2c1OCO2)Oc1ccccc1. The van der Waals surface area contributed by atoms with E-state index in [0.717, 1.165) is 5.56 Å². The minimum Gasteiger partial charge on any atom is -0.454 e. The van der Waals surface area contributed by atoms with E-state index in [1.807, 2.05) is 24.3 Å². The molecular formula is C15H13NO4. The molecular weight excluding hydrogens is 258 g/mol. The highest BCUT2D eigenvalue weighted by Gasteiger charge is 2.17. The average Bonchev–Trinajstić information content (AvgIpc) is 2.95. The Balaban J connectivity index is 1.60. The molecule has 0 saturated heterocycles. The van der Waals surface area contributed by atoms with Crippen molar-refractivity contribution < 1.29 is 19.0 Å². The number of carbonyl (C=O) groups is 1. The number of amides is 1. The van der Waals surface area contributed by atoms with E-state index in [4.69, 9.17) is 14.2 Å². The van der Waals surface area contributed by atoms with Gasteiger partial charge in [-0.2, -0.15) is 0 Å². The predicted octanol–water partition coefficient (Wildman–Crippen LogP) is 2.70. The number of nitrogens with one attached hydrogen (secondary N) is 1. The number of fused-ring (bicyclic) bond motifs is 1. The minimum atomic E-state index is -0.507. The van der Waals surface area contributed by atoms with Crippen molar-refractivity contribution >= 4 is 6.09 Å². The van der Waals surface area contributed by atoms with E-state index in [9.17, 15) is 4.79 Å². The van der Waals surface area contributed by atoms with Crippen LogP contribution in [0, 0.1) is 0 Å². The molecule has 5 nitrogen and oxygen atoms in total. The van der Waals surface area contributed by atoms with Crippen molar-refractivity contribution in [3.63, 3.8) is 0 Å². The quantitative estimate of drug-likeness (QED) is 0.932. The highest BCUT2D eigenvalue weighted by molar-refractivity contribution is 5.70. The summed E-state index contributed by atoms with van der Waals surface area (Å²) < 4.78 is 15.8. The van der Waals surface area contributed by atoms with E-state index in [2.05, 4.69) is 5.32 Å². The predicted molar refractivity (Wildman–Crippen MR) is 71.9 cm³/mol. The third-order valence-electron chi connectivity index (χ3n) is 2.86. The van der Waals surface area contributed by atoms with E-state index in [0.29, 0.717) is 23.8 Å². The van der Waals surface area contributed by atoms with Crippen molar-refractivity contribution in [3.05, 3.63) is 54.1 Å². The Kier molecular flexibility index (Phi) is 3.41. The number of para-hydroxylation sites is 2. The first-order chi connectivity index (χ1) is 9.83. The molecule has 1 N–H and O–H groups in total. The van der Waals surface area contributed by atoms with Crippen LogP contribution in [0.5, 0.6) is 17.2 Å². The molecule has 5 heteroatoms. The molecule has 1 aliphatic rings. The minimum absolute atomic E-state index is 0.209. The lowest BCUT2D eigenvalue weighted by Crippen LogP contribution is -2.26. The number of carbonyl (C=O) groups excluding carboxylic acids is 1. The molecule has 102 valence electrons. The Bertz CT molecular complexity index is 613. The van der Waals surface area contributed by atoms with Crippen molar-refractivity contribution in [2.24, 2.45) is 0 Å². The number of ether oxygens (including phenoxy) is 3. The van der Waals surface area contributed by atoms with Gasteiger partial charge in [0.15, 0.2) is 11.5 Å². The summed E-state index contributed by atoms with van der Waals surface area (Å²) >= 11 is 0. The molecule has 1 aliphatic heterocycles. The van der Waals surface area contributed by atoms with Crippen molar-refractivity contribution in [1.82, 2.24) is 5.32 Å². The van der Waals surface area contributed by atoms with Gasteiger partial charge in [0.05, 0.1) is 0 Å². The molecule has 0 fully saturated rings. The second kappa shape index (κ2) is 5.52. The molecule has 0 radical (unpaired) electrons. The lowest BCUT2D eigenvalue weighted by Gasteiger charge is -2.08. The summed E-state index contributed by atoms with van der Waals surface area (Å²) in [4.78, 5) is 11.7. The summed E-state index contributed by atoms with van der Waals surface area (Å²) in [5, 5.41) is 2.68. The third kappa shape index (κ3) is 2.66. The van der Waals surface area contributed by atoms with Crippen LogP contribution >= 0.6 is 0 Å². The molecule has 0 atom stereocenters. The van der Waals surface area contributed by atoms with E-state index in [-0.39, 0.29) is 6.79 Å². The topological polar surface area (TPSA) is 56.8 Å². The van der Waals surface area contributed by atoms with Gasteiger partial charge in [-0.1, -0.05) is 30.3 Å². The van der Waals surface area contributed by atoms with Gasteiger partial charge in [0.25, 0.3) is 0 Å². The number of rotatable bonds is 3. The fourth-order valence-electron chi connectivity index (χ4n) is 1.93. The van der Waals surface area contributed by atoms with Crippen molar-refractivity contribution in [2.45, 2.75) is 6.54 Å². The van der Waals surface area contributed by atoms with Crippen LogP contribution in [-0.2, 0) is 6.54 Å². The maximum absolute atomic E-state index is 11.7. The molecule has 0 saturated carbocycles. The summed E-state index contributed by atoms with van der Waals surface area (Å²) in [6.45, 7) is 0.527. The fraction of sp³-hybridized carbons (Fsp3) is 0.133. The normalized spacial score (nSPS) is 12.0. The second-order valence-corrected chi connectivity index (χ2v) is 4.21. The van der Waals surface area contributed by atoms with Gasteiger partial charge < -0.3 is 19.5 Å².